The van der Waals surface area contributed by atoms with Crippen LogP contribution in [-0.4, -0.2) is 14.5 Å². The molecule has 14 heavy (non-hydrogen) atoms. The minimum atomic E-state index is 0.0568. The molecule has 0 bridgehead atoms. The highest BCUT2D eigenvalue weighted by Crippen LogP contribution is 2.21. The molecular formula is C11H14N2O. The minimum Gasteiger partial charge on any atom is -0.390 e. The number of aliphatic hydroxyl groups is 1. The molecule has 2 aromatic heterocycles. The van der Waals surface area contributed by atoms with E-state index in [9.17, 15) is 5.11 Å². The van der Waals surface area contributed by atoms with E-state index in [1.165, 1.54) is 5.56 Å². The second kappa shape index (κ2) is 3.42. The Labute approximate surface area is 83.0 Å². The van der Waals surface area contributed by atoms with Crippen molar-refractivity contribution in [2.24, 2.45) is 0 Å². The molecular weight excluding hydrogens is 176 g/mol. The summed E-state index contributed by atoms with van der Waals surface area (Å²) in [6.07, 6.45) is 3.54. The number of aromatic nitrogens is 2. The highest BCUT2D eigenvalue weighted by Gasteiger charge is 2.09. The summed E-state index contributed by atoms with van der Waals surface area (Å²) in [6.45, 7) is 4.30. The Hall–Kier alpha value is -1.35. The number of aliphatic hydroxyl groups excluding tert-OH is 1. The third-order valence-electron chi connectivity index (χ3n) is 2.50. The molecule has 0 unspecified atom stereocenters. The molecule has 0 saturated carbocycles. The van der Waals surface area contributed by atoms with Crippen molar-refractivity contribution in [3.05, 3.63) is 35.9 Å². The first-order chi connectivity index (χ1) is 6.74. The number of hydrogen-bond donors (Lipinski definition) is 1. The number of hydrogen-bond acceptors (Lipinski definition) is 2. The number of pyridine rings is 1. The van der Waals surface area contributed by atoms with Crippen LogP contribution in [0, 0.1) is 0 Å². The normalized spacial score (nSPS) is 11.4. The Morgan fingerprint density at radius 3 is 2.86 bits per heavy atom. The standard InChI is InChI=1S/C11H14N2O/c1-8(2)10-4-3-9-5-12-7-13(9)11(10)6-14/h3-5,7-8,14H,6H2,1-2H3. The second-order valence-corrected chi connectivity index (χ2v) is 3.74. The highest BCUT2D eigenvalue weighted by atomic mass is 16.3. The average Bonchev–Trinajstić information content (AvgIpc) is 2.63. The first-order valence-electron chi connectivity index (χ1n) is 4.78. The van der Waals surface area contributed by atoms with Crippen LogP contribution in [0.4, 0.5) is 0 Å². The van der Waals surface area contributed by atoms with Gasteiger partial charge in [0, 0.05) is 0 Å². The highest BCUT2D eigenvalue weighted by molar-refractivity contribution is 5.48. The Morgan fingerprint density at radius 1 is 1.43 bits per heavy atom. The van der Waals surface area contributed by atoms with Crippen LogP contribution in [0.25, 0.3) is 5.52 Å². The molecule has 2 rings (SSSR count). The summed E-state index contributed by atoms with van der Waals surface area (Å²) >= 11 is 0. The quantitative estimate of drug-likeness (QED) is 0.786. The van der Waals surface area contributed by atoms with E-state index in [1.54, 1.807) is 12.5 Å². The number of nitrogens with zero attached hydrogens (tertiary/aromatic N) is 2. The van der Waals surface area contributed by atoms with E-state index in [-0.39, 0.29) is 6.61 Å². The fourth-order valence-electron chi connectivity index (χ4n) is 1.76. The SMILES string of the molecule is CC(C)c1ccc2cncn2c1CO. The molecule has 0 amide bonds. The molecule has 0 aliphatic heterocycles. The Bertz CT molecular complexity index is 445. The van der Waals surface area contributed by atoms with Crippen molar-refractivity contribution in [2.45, 2.75) is 26.4 Å². The summed E-state index contributed by atoms with van der Waals surface area (Å²) in [5.74, 6) is 0.420. The fraction of sp³-hybridized carbons (Fsp3) is 0.364. The number of fused-ring (bicyclic) bond motifs is 1. The van der Waals surface area contributed by atoms with Gasteiger partial charge in [0.15, 0.2) is 0 Å². The van der Waals surface area contributed by atoms with Crippen LogP contribution in [0.5, 0.6) is 0 Å². The van der Waals surface area contributed by atoms with Crippen LogP contribution in [0.1, 0.15) is 31.0 Å². The summed E-state index contributed by atoms with van der Waals surface area (Å²) in [6, 6.07) is 4.09. The van der Waals surface area contributed by atoms with Gasteiger partial charge in [-0.05, 0) is 17.5 Å². The Morgan fingerprint density at radius 2 is 2.21 bits per heavy atom. The predicted molar refractivity (Wildman–Crippen MR) is 55.2 cm³/mol. The minimum absolute atomic E-state index is 0.0568. The first-order valence-corrected chi connectivity index (χ1v) is 4.78. The van der Waals surface area contributed by atoms with Gasteiger partial charge in [-0.2, -0.15) is 0 Å². The van der Waals surface area contributed by atoms with E-state index in [0.29, 0.717) is 5.92 Å². The molecule has 0 aromatic carbocycles. The zero-order valence-electron chi connectivity index (χ0n) is 8.44. The maximum atomic E-state index is 9.34. The topological polar surface area (TPSA) is 37.5 Å². The van der Waals surface area contributed by atoms with E-state index in [4.69, 9.17) is 0 Å². The van der Waals surface area contributed by atoms with Crippen molar-refractivity contribution in [1.29, 1.82) is 0 Å². The lowest BCUT2D eigenvalue weighted by Gasteiger charge is -2.12. The van der Waals surface area contributed by atoms with Gasteiger partial charge in [0.25, 0.3) is 0 Å². The van der Waals surface area contributed by atoms with E-state index >= 15 is 0 Å². The molecule has 2 heterocycles. The van der Waals surface area contributed by atoms with Gasteiger partial charge in [0.05, 0.1) is 30.3 Å². The van der Waals surface area contributed by atoms with E-state index in [1.807, 2.05) is 10.5 Å². The largest absolute Gasteiger partial charge is 0.390 e. The first kappa shape index (κ1) is 9.21. The third kappa shape index (κ3) is 1.30. The van der Waals surface area contributed by atoms with Gasteiger partial charge in [0.1, 0.15) is 0 Å². The lowest BCUT2D eigenvalue weighted by atomic mass is 10.0. The van der Waals surface area contributed by atoms with Gasteiger partial charge in [0.2, 0.25) is 0 Å². The van der Waals surface area contributed by atoms with Crippen LogP contribution in [-0.2, 0) is 6.61 Å². The van der Waals surface area contributed by atoms with Crippen LogP contribution in [0.15, 0.2) is 24.7 Å². The zero-order valence-corrected chi connectivity index (χ0v) is 8.44. The van der Waals surface area contributed by atoms with Crippen molar-refractivity contribution < 1.29 is 5.11 Å². The molecule has 0 radical (unpaired) electrons. The van der Waals surface area contributed by atoms with Crippen molar-refractivity contribution in [1.82, 2.24) is 9.38 Å². The molecule has 0 aliphatic rings. The molecule has 0 fully saturated rings. The van der Waals surface area contributed by atoms with Crippen molar-refractivity contribution in [2.75, 3.05) is 0 Å². The summed E-state index contributed by atoms with van der Waals surface area (Å²) < 4.78 is 1.94. The van der Waals surface area contributed by atoms with Gasteiger partial charge < -0.3 is 9.51 Å². The summed E-state index contributed by atoms with van der Waals surface area (Å²) in [7, 11) is 0. The Kier molecular flexibility index (Phi) is 2.25. The van der Waals surface area contributed by atoms with Gasteiger partial charge in [-0.15, -0.1) is 0 Å². The molecule has 0 atom stereocenters. The number of imidazole rings is 1. The van der Waals surface area contributed by atoms with Crippen molar-refractivity contribution >= 4 is 5.52 Å². The zero-order chi connectivity index (χ0) is 10.1. The van der Waals surface area contributed by atoms with Crippen LogP contribution < -0.4 is 0 Å². The third-order valence-corrected chi connectivity index (χ3v) is 2.50. The molecule has 0 saturated heterocycles. The summed E-state index contributed by atoms with van der Waals surface area (Å²) in [5.41, 5.74) is 3.14. The monoisotopic (exact) mass is 190 g/mol. The summed E-state index contributed by atoms with van der Waals surface area (Å²) in [5, 5.41) is 9.34. The molecule has 2 aromatic rings. The van der Waals surface area contributed by atoms with Crippen molar-refractivity contribution in [3.8, 4) is 0 Å². The van der Waals surface area contributed by atoms with E-state index < -0.39 is 0 Å². The lowest BCUT2D eigenvalue weighted by Crippen LogP contribution is -2.03. The van der Waals surface area contributed by atoms with Crippen molar-refractivity contribution in [3.63, 3.8) is 0 Å². The lowest BCUT2D eigenvalue weighted by molar-refractivity contribution is 0.273. The van der Waals surface area contributed by atoms with E-state index in [2.05, 4.69) is 24.9 Å². The van der Waals surface area contributed by atoms with Gasteiger partial charge >= 0.3 is 0 Å². The fourth-order valence-corrected chi connectivity index (χ4v) is 1.76. The molecule has 1 N–H and O–H groups in total. The Balaban J connectivity index is 2.72. The van der Waals surface area contributed by atoms with Gasteiger partial charge in [-0.3, -0.25) is 0 Å². The molecule has 0 aliphatic carbocycles. The maximum Gasteiger partial charge on any atom is 0.0995 e. The second-order valence-electron chi connectivity index (χ2n) is 3.74. The molecule has 3 heteroatoms. The maximum absolute atomic E-state index is 9.34. The van der Waals surface area contributed by atoms with Crippen LogP contribution in [0.2, 0.25) is 0 Å². The predicted octanol–water partition coefficient (Wildman–Crippen LogP) is 1.95. The molecule has 0 spiro atoms. The smallest absolute Gasteiger partial charge is 0.0995 e. The van der Waals surface area contributed by atoms with Gasteiger partial charge in [-0.25, -0.2) is 4.98 Å². The van der Waals surface area contributed by atoms with Crippen LogP contribution >= 0.6 is 0 Å². The average molecular weight is 190 g/mol. The van der Waals surface area contributed by atoms with Crippen LogP contribution in [0.3, 0.4) is 0 Å². The molecule has 3 nitrogen and oxygen atoms in total. The number of rotatable bonds is 2. The van der Waals surface area contributed by atoms with E-state index in [0.717, 1.165) is 11.2 Å². The van der Waals surface area contributed by atoms with Gasteiger partial charge in [-0.1, -0.05) is 19.9 Å². The molecule has 74 valence electrons. The summed E-state index contributed by atoms with van der Waals surface area (Å²) in [4.78, 5) is 4.06.